The van der Waals surface area contributed by atoms with Gasteiger partial charge < -0.3 is 11.5 Å². The zero-order valence-corrected chi connectivity index (χ0v) is 6.80. The van der Waals surface area contributed by atoms with Gasteiger partial charge in [-0.1, -0.05) is 11.6 Å². The SMILES string of the molecule is NCCc1ccnc(Cl)c1N. The molecule has 0 aliphatic rings. The number of nitrogens with two attached hydrogens (primary N) is 2. The van der Waals surface area contributed by atoms with Crippen molar-refractivity contribution in [2.75, 3.05) is 12.3 Å². The van der Waals surface area contributed by atoms with Gasteiger partial charge in [-0.05, 0) is 24.6 Å². The number of aromatic nitrogens is 1. The maximum Gasteiger partial charge on any atom is 0.152 e. The Hall–Kier alpha value is -0.800. The van der Waals surface area contributed by atoms with Gasteiger partial charge in [-0.2, -0.15) is 0 Å². The summed E-state index contributed by atoms with van der Waals surface area (Å²) in [4.78, 5) is 3.82. The van der Waals surface area contributed by atoms with Gasteiger partial charge in [-0.15, -0.1) is 0 Å². The summed E-state index contributed by atoms with van der Waals surface area (Å²) >= 11 is 5.67. The van der Waals surface area contributed by atoms with E-state index in [0.717, 1.165) is 12.0 Å². The van der Waals surface area contributed by atoms with E-state index in [-0.39, 0.29) is 0 Å². The lowest BCUT2D eigenvalue weighted by Gasteiger charge is -2.03. The highest BCUT2D eigenvalue weighted by molar-refractivity contribution is 6.31. The van der Waals surface area contributed by atoms with Crippen LogP contribution in [0.1, 0.15) is 5.56 Å². The molecule has 1 aromatic heterocycles. The molecule has 0 saturated carbocycles. The predicted molar refractivity (Wildman–Crippen MR) is 46.4 cm³/mol. The largest absolute Gasteiger partial charge is 0.396 e. The Kier molecular flexibility index (Phi) is 2.68. The Bertz CT molecular complexity index is 249. The molecule has 4 heteroatoms. The third-order valence-electron chi connectivity index (χ3n) is 1.45. The smallest absolute Gasteiger partial charge is 0.152 e. The van der Waals surface area contributed by atoms with Crippen LogP contribution in [0.25, 0.3) is 0 Å². The van der Waals surface area contributed by atoms with E-state index in [0.29, 0.717) is 17.4 Å². The van der Waals surface area contributed by atoms with Gasteiger partial charge >= 0.3 is 0 Å². The number of hydrogen-bond acceptors (Lipinski definition) is 3. The van der Waals surface area contributed by atoms with Crippen LogP contribution in [0.4, 0.5) is 5.69 Å². The molecular formula is C7H10ClN3. The van der Waals surface area contributed by atoms with E-state index >= 15 is 0 Å². The third kappa shape index (κ3) is 1.82. The van der Waals surface area contributed by atoms with Gasteiger partial charge in [-0.25, -0.2) is 4.98 Å². The molecule has 0 aromatic carbocycles. The molecule has 0 amide bonds. The molecule has 1 aromatic rings. The quantitative estimate of drug-likeness (QED) is 0.648. The summed E-state index contributed by atoms with van der Waals surface area (Å²) in [6.45, 7) is 0.574. The van der Waals surface area contributed by atoms with E-state index in [1.807, 2.05) is 6.07 Å². The van der Waals surface area contributed by atoms with Crippen LogP contribution in [-0.2, 0) is 6.42 Å². The molecule has 1 heterocycles. The fourth-order valence-electron chi connectivity index (χ4n) is 0.858. The fraction of sp³-hybridized carbons (Fsp3) is 0.286. The maximum absolute atomic E-state index is 5.67. The number of halogens is 1. The van der Waals surface area contributed by atoms with Crippen LogP contribution in [0.2, 0.25) is 5.15 Å². The Labute approximate surface area is 70.4 Å². The van der Waals surface area contributed by atoms with Crippen molar-refractivity contribution in [3.05, 3.63) is 23.0 Å². The molecule has 0 atom stereocenters. The average Bonchev–Trinajstić information content (AvgIpc) is 1.99. The van der Waals surface area contributed by atoms with Gasteiger partial charge in [0.1, 0.15) is 0 Å². The van der Waals surface area contributed by atoms with E-state index in [4.69, 9.17) is 23.1 Å². The summed E-state index contributed by atoms with van der Waals surface area (Å²) in [6, 6.07) is 1.83. The lowest BCUT2D eigenvalue weighted by molar-refractivity contribution is 0.967. The first-order chi connectivity index (χ1) is 5.25. The molecule has 0 unspecified atom stereocenters. The van der Waals surface area contributed by atoms with Gasteiger partial charge in [0, 0.05) is 6.20 Å². The summed E-state index contributed by atoms with van der Waals surface area (Å²) in [5.41, 5.74) is 12.5. The number of anilines is 1. The summed E-state index contributed by atoms with van der Waals surface area (Å²) < 4.78 is 0. The number of nitrogens with zero attached hydrogens (tertiary/aromatic N) is 1. The molecule has 0 radical (unpaired) electrons. The van der Waals surface area contributed by atoms with Crippen LogP contribution in [-0.4, -0.2) is 11.5 Å². The second-order valence-corrected chi connectivity index (χ2v) is 2.57. The van der Waals surface area contributed by atoms with E-state index in [2.05, 4.69) is 4.98 Å². The van der Waals surface area contributed by atoms with Crippen LogP contribution in [0.15, 0.2) is 12.3 Å². The zero-order valence-electron chi connectivity index (χ0n) is 6.05. The van der Waals surface area contributed by atoms with Crippen molar-refractivity contribution in [3.8, 4) is 0 Å². The highest BCUT2D eigenvalue weighted by Gasteiger charge is 2.01. The third-order valence-corrected chi connectivity index (χ3v) is 1.75. The van der Waals surface area contributed by atoms with Crippen LogP contribution >= 0.6 is 11.6 Å². The molecule has 0 saturated heterocycles. The monoisotopic (exact) mass is 171 g/mol. The highest BCUT2D eigenvalue weighted by Crippen LogP contribution is 2.19. The van der Waals surface area contributed by atoms with Crippen molar-refractivity contribution in [1.29, 1.82) is 0 Å². The molecule has 0 bridgehead atoms. The lowest BCUT2D eigenvalue weighted by atomic mass is 10.2. The average molecular weight is 172 g/mol. The molecule has 3 nitrogen and oxygen atoms in total. The number of pyridine rings is 1. The minimum atomic E-state index is 0.357. The van der Waals surface area contributed by atoms with E-state index in [1.54, 1.807) is 6.20 Å². The second-order valence-electron chi connectivity index (χ2n) is 2.21. The van der Waals surface area contributed by atoms with Crippen LogP contribution < -0.4 is 11.5 Å². The predicted octanol–water partition coefficient (Wildman–Crippen LogP) is 0.818. The molecule has 60 valence electrons. The molecule has 11 heavy (non-hydrogen) atoms. The molecule has 1 rings (SSSR count). The summed E-state index contributed by atoms with van der Waals surface area (Å²) in [5.74, 6) is 0. The molecule has 0 spiro atoms. The first kappa shape index (κ1) is 8.30. The van der Waals surface area contributed by atoms with Crippen molar-refractivity contribution in [1.82, 2.24) is 4.98 Å². The van der Waals surface area contributed by atoms with Gasteiger partial charge in [0.25, 0.3) is 0 Å². The first-order valence-electron chi connectivity index (χ1n) is 3.34. The van der Waals surface area contributed by atoms with Gasteiger partial charge in [0.15, 0.2) is 5.15 Å². The van der Waals surface area contributed by atoms with Crippen molar-refractivity contribution in [2.24, 2.45) is 5.73 Å². The summed E-state index contributed by atoms with van der Waals surface area (Å²) in [6.07, 6.45) is 2.37. The van der Waals surface area contributed by atoms with Gasteiger partial charge in [0.2, 0.25) is 0 Å². The Morgan fingerprint density at radius 1 is 1.55 bits per heavy atom. The van der Waals surface area contributed by atoms with Gasteiger partial charge in [0.05, 0.1) is 5.69 Å². The minimum absolute atomic E-state index is 0.357. The topological polar surface area (TPSA) is 64.9 Å². The number of rotatable bonds is 2. The van der Waals surface area contributed by atoms with Crippen molar-refractivity contribution >= 4 is 17.3 Å². The Morgan fingerprint density at radius 2 is 2.27 bits per heavy atom. The van der Waals surface area contributed by atoms with Crippen LogP contribution in [0.5, 0.6) is 0 Å². The summed E-state index contributed by atoms with van der Waals surface area (Å²) in [7, 11) is 0. The molecule has 0 aliphatic carbocycles. The Morgan fingerprint density at radius 3 is 2.91 bits per heavy atom. The second kappa shape index (κ2) is 3.55. The number of nitrogen functional groups attached to an aromatic ring is 1. The van der Waals surface area contributed by atoms with Crippen molar-refractivity contribution < 1.29 is 0 Å². The normalized spacial score (nSPS) is 10.0. The highest BCUT2D eigenvalue weighted by atomic mass is 35.5. The van der Waals surface area contributed by atoms with Crippen molar-refractivity contribution in [2.45, 2.75) is 6.42 Å². The van der Waals surface area contributed by atoms with E-state index < -0.39 is 0 Å². The van der Waals surface area contributed by atoms with E-state index in [9.17, 15) is 0 Å². The standard InChI is InChI=1S/C7H10ClN3/c8-7-6(10)5(1-3-9)2-4-11-7/h2,4H,1,3,9-10H2. The number of hydrogen-bond donors (Lipinski definition) is 2. The summed E-state index contributed by atoms with van der Waals surface area (Å²) in [5, 5.41) is 0.357. The zero-order chi connectivity index (χ0) is 8.27. The molecule has 0 fully saturated rings. The Balaban J connectivity index is 2.96. The minimum Gasteiger partial charge on any atom is -0.396 e. The van der Waals surface area contributed by atoms with Gasteiger partial charge in [-0.3, -0.25) is 0 Å². The molecule has 0 aliphatic heterocycles. The maximum atomic E-state index is 5.67. The van der Waals surface area contributed by atoms with Crippen molar-refractivity contribution in [3.63, 3.8) is 0 Å². The fourth-order valence-corrected chi connectivity index (χ4v) is 1.04. The lowest BCUT2D eigenvalue weighted by Crippen LogP contribution is -2.05. The van der Waals surface area contributed by atoms with Crippen LogP contribution in [0.3, 0.4) is 0 Å². The molecular weight excluding hydrogens is 162 g/mol. The molecule has 4 N–H and O–H groups in total. The van der Waals surface area contributed by atoms with Crippen LogP contribution in [0, 0.1) is 0 Å². The van der Waals surface area contributed by atoms with E-state index in [1.165, 1.54) is 0 Å². The first-order valence-corrected chi connectivity index (χ1v) is 3.72.